The topological polar surface area (TPSA) is 88.3 Å². The highest BCUT2D eigenvalue weighted by Gasteiger charge is 2.38. The summed E-state index contributed by atoms with van der Waals surface area (Å²) in [5.74, 6) is 1.40. The SMILES string of the molecule is O=C(NCc1nc(C2CCCCC2)no1)[C@@H]1CC(=O)N(C2CCCC2)C1. The van der Waals surface area contributed by atoms with Gasteiger partial charge in [0.15, 0.2) is 5.82 Å². The van der Waals surface area contributed by atoms with E-state index >= 15 is 0 Å². The Balaban J connectivity index is 1.27. The normalized spacial score (nSPS) is 25.2. The molecule has 142 valence electrons. The van der Waals surface area contributed by atoms with E-state index in [1.54, 1.807) is 0 Å². The number of hydrogen-bond acceptors (Lipinski definition) is 5. The zero-order valence-corrected chi connectivity index (χ0v) is 15.3. The molecule has 1 atom stereocenters. The van der Waals surface area contributed by atoms with Crippen molar-refractivity contribution in [3.8, 4) is 0 Å². The molecule has 1 saturated heterocycles. The van der Waals surface area contributed by atoms with E-state index in [1.165, 1.54) is 32.1 Å². The number of aromatic nitrogens is 2. The molecule has 4 rings (SSSR count). The first-order valence-electron chi connectivity index (χ1n) is 10.1. The predicted molar refractivity (Wildman–Crippen MR) is 94.0 cm³/mol. The van der Waals surface area contributed by atoms with Gasteiger partial charge in [-0.1, -0.05) is 37.3 Å². The Morgan fingerprint density at radius 1 is 1.12 bits per heavy atom. The summed E-state index contributed by atoms with van der Waals surface area (Å²) in [7, 11) is 0. The lowest BCUT2D eigenvalue weighted by Crippen LogP contribution is -2.36. The molecule has 0 aromatic carbocycles. The second kappa shape index (κ2) is 7.76. The Bertz CT molecular complexity index is 647. The van der Waals surface area contributed by atoms with Gasteiger partial charge < -0.3 is 14.7 Å². The Morgan fingerprint density at radius 3 is 2.62 bits per heavy atom. The van der Waals surface area contributed by atoms with E-state index in [1.807, 2.05) is 4.90 Å². The highest BCUT2D eigenvalue weighted by atomic mass is 16.5. The van der Waals surface area contributed by atoms with Crippen molar-refractivity contribution in [3.05, 3.63) is 11.7 Å². The number of nitrogens with zero attached hydrogens (tertiary/aromatic N) is 3. The molecule has 1 aromatic heterocycles. The molecule has 2 amide bonds. The Hall–Kier alpha value is -1.92. The zero-order valence-electron chi connectivity index (χ0n) is 15.3. The summed E-state index contributed by atoms with van der Waals surface area (Å²) < 4.78 is 5.30. The number of carbonyl (C=O) groups is 2. The van der Waals surface area contributed by atoms with Crippen molar-refractivity contribution in [2.75, 3.05) is 6.54 Å². The standard InChI is InChI=1S/C19H28N4O3/c24-17-10-14(12-23(17)15-8-4-5-9-15)19(25)20-11-16-21-18(22-26-16)13-6-2-1-3-7-13/h13-15H,1-12H2,(H,20,25)/t14-/m1/s1. The molecule has 7 heteroatoms. The minimum Gasteiger partial charge on any atom is -0.347 e. The van der Waals surface area contributed by atoms with Crippen LogP contribution < -0.4 is 5.32 Å². The van der Waals surface area contributed by atoms with Gasteiger partial charge in [0.1, 0.15) is 0 Å². The highest BCUT2D eigenvalue weighted by molar-refractivity contribution is 5.89. The van der Waals surface area contributed by atoms with Gasteiger partial charge in [-0.3, -0.25) is 9.59 Å². The van der Waals surface area contributed by atoms with E-state index in [4.69, 9.17) is 4.52 Å². The van der Waals surface area contributed by atoms with Gasteiger partial charge in [-0.25, -0.2) is 0 Å². The molecule has 2 saturated carbocycles. The minimum atomic E-state index is -0.260. The van der Waals surface area contributed by atoms with E-state index in [2.05, 4.69) is 15.5 Å². The van der Waals surface area contributed by atoms with Gasteiger partial charge in [0, 0.05) is 24.9 Å². The maximum Gasteiger partial charge on any atom is 0.246 e. The van der Waals surface area contributed by atoms with Crippen LogP contribution in [0.5, 0.6) is 0 Å². The summed E-state index contributed by atoms with van der Waals surface area (Å²) in [6, 6.07) is 0.342. The average Bonchev–Trinajstić information content (AvgIpc) is 3.41. The molecule has 3 aliphatic rings. The van der Waals surface area contributed by atoms with Crippen LogP contribution in [0.1, 0.15) is 81.8 Å². The van der Waals surface area contributed by atoms with E-state index in [9.17, 15) is 9.59 Å². The van der Waals surface area contributed by atoms with E-state index < -0.39 is 0 Å². The van der Waals surface area contributed by atoms with Crippen molar-refractivity contribution in [2.45, 2.75) is 82.7 Å². The van der Waals surface area contributed by atoms with Gasteiger partial charge in [-0.05, 0) is 25.7 Å². The molecule has 1 N–H and O–H groups in total. The molecule has 0 spiro atoms. The molecular weight excluding hydrogens is 332 g/mol. The smallest absolute Gasteiger partial charge is 0.246 e. The molecule has 26 heavy (non-hydrogen) atoms. The minimum absolute atomic E-state index is 0.0868. The molecule has 0 unspecified atom stereocenters. The highest BCUT2D eigenvalue weighted by Crippen LogP contribution is 2.31. The lowest BCUT2D eigenvalue weighted by Gasteiger charge is -2.23. The largest absolute Gasteiger partial charge is 0.347 e. The lowest BCUT2D eigenvalue weighted by atomic mass is 9.89. The summed E-state index contributed by atoms with van der Waals surface area (Å²) in [6.45, 7) is 0.791. The number of likely N-dealkylation sites (tertiary alicyclic amines) is 1. The van der Waals surface area contributed by atoms with Crippen LogP contribution in [-0.4, -0.2) is 39.4 Å². The fourth-order valence-corrected chi connectivity index (χ4v) is 4.65. The Labute approximate surface area is 153 Å². The summed E-state index contributed by atoms with van der Waals surface area (Å²) in [5, 5.41) is 6.97. The van der Waals surface area contributed by atoms with Crippen molar-refractivity contribution in [1.29, 1.82) is 0 Å². The zero-order chi connectivity index (χ0) is 17.9. The van der Waals surface area contributed by atoms with Gasteiger partial charge in [0.2, 0.25) is 17.7 Å². The maximum absolute atomic E-state index is 12.5. The van der Waals surface area contributed by atoms with Gasteiger partial charge in [-0.2, -0.15) is 4.98 Å². The predicted octanol–water partition coefficient (Wildman–Crippen LogP) is 2.52. The Kier molecular flexibility index (Phi) is 5.22. The van der Waals surface area contributed by atoms with Gasteiger partial charge in [0.25, 0.3) is 0 Å². The van der Waals surface area contributed by atoms with Gasteiger partial charge >= 0.3 is 0 Å². The summed E-state index contributed by atoms with van der Waals surface area (Å²) >= 11 is 0. The fraction of sp³-hybridized carbons (Fsp3) is 0.789. The van der Waals surface area contributed by atoms with Crippen molar-refractivity contribution in [3.63, 3.8) is 0 Å². The van der Waals surface area contributed by atoms with Crippen LogP contribution in [0.3, 0.4) is 0 Å². The maximum atomic E-state index is 12.5. The van der Waals surface area contributed by atoms with Crippen molar-refractivity contribution in [1.82, 2.24) is 20.4 Å². The van der Waals surface area contributed by atoms with Crippen molar-refractivity contribution in [2.24, 2.45) is 5.92 Å². The number of rotatable bonds is 5. The molecule has 3 fully saturated rings. The molecule has 1 aromatic rings. The van der Waals surface area contributed by atoms with Crippen molar-refractivity contribution >= 4 is 11.8 Å². The summed E-state index contributed by atoms with van der Waals surface area (Å²) in [5.41, 5.74) is 0. The quantitative estimate of drug-likeness (QED) is 0.872. The first-order chi connectivity index (χ1) is 12.7. The van der Waals surface area contributed by atoms with Gasteiger partial charge in [0.05, 0.1) is 12.5 Å². The number of carbonyl (C=O) groups excluding carboxylic acids is 2. The third-order valence-corrected chi connectivity index (χ3v) is 6.16. The molecule has 0 radical (unpaired) electrons. The number of nitrogens with one attached hydrogen (secondary N) is 1. The van der Waals surface area contributed by atoms with Crippen LogP contribution in [0, 0.1) is 5.92 Å². The third kappa shape index (κ3) is 3.76. The summed E-state index contributed by atoms with van der Waals surface area (Å²) in [4.78, 5) is 31.1. The Morgan fingerprint density at radius 2 is 1.85 bits per heavy atom. The second-order valence-electron chi connectivity index (χ2n) is 7.98. The molecule has 7 nitrogen and oxygen atoms in total. The van der Waals surface area contributed by atoms with E-state index in [0.717, 1.165) is 31.5 Å². The fourth-order valence-electron chi connectivity index (χ4n) is 4.65. The van der Waals surface area contributed by atoms with E-state index in [-0.39, 0.29) is 24.3 Å². The number of amides is 2. The van der Waals surface area contributed by atoms with Crippen LogP contribution in [0.25, 0.3) is 0 Å². The van der Waals surface area contributed by atoms with Crippen LogP contribution in [-0.2, 0) is 16.1 Å². The molecular formula is C19H28N4O3. The molecule has 0 bridgehead atoms. The number of hydrogen-bond donors (Lipinski definition) is 1. The van der Waals surface area contributed by atoms with Crippen LogP contribution in [0.4, 0.5) is 0 Å². The van der Waals surface area contributed by atoms with Crippen LogP contribution in [0.15, 0.2) is 4.52 Å². The first kappa shape index (κ1) is 17.5. The lowest BCUT2D eigenvalue weighted by molar-refractivity contribution is -0.130. The molecule has 1 aliphatic heterocycles. The van der Waals surface area contributed by atoms with Gasteiger partial charge in [-0.15, -0.1) is 0 Å². The van der Waals surface area contributed by atoms with Crippen LogP contribution >= 0.6 is 0 Å². The third-order valence-electron chi connectivity index (χ3n) is 6.16. The molecule has 2 aliphatic carbocycles. The monoisotopic (exact) mass is 360 g/mol. The molecule has 2 heterocycles. The average molecular weight is 360 g/mol. The first-order valence-corrected chi connectivity index (χ1v) is 10.1. The van der Waals surface area contributed by atoms with Crippen LogP contribution in [0.2, 0.25) is 0 Å². The van der Waals surface area contributed by atoms with E-state index in [0.29, 0.717) is 30.8 Å². The van der Waals surface area contributed by atoms with Crippen molar-refractivity contribution < 1.29 is 14.1 Å². The second-order valence-corrected chi connectivity index (χ2v) is 7.98. The summed E-state index contributed by atoms with van der Waals surface area (Å²) in [6.07, 6.45) is 10.8.